The molecule has 0 saturated carbocycles. The highest BCUT2D eigenvalue weighted by molar-refractivity contribution is 6.65. The molecule has 1 aliphatic rings. The van der Waals surface area contributed by atoms with Gasteiger partial charge in [0, 0.05) is 0 Å². The number of nitrogens with zero attached hydrogens (tertiary/aromatic N) is 3. The van der Waals surface area contributed by atoms with Crippen molar-refractivity contribution in [3.63, 3.8) is 0 Å². The monoisotopic (exact) mass is 221 g/mol. The number of hydrogen-bond acceptors (Lipinski definition) is 3. The van der Waals surface area contributed by atoms with Crippen LogP contribution in [0.4, 0.5) is 0 Å². The van der Waals surface area contributed by atoms with E-state index in [1.54, 1.807) is 0 Å². The summed E-state index contributed by atoms with van der Waals surface area (Å²) in [7, 11) is 3.36. The molecule has 0 amide bonds. The molecule has 0 aliphatic carbocycles. The minimum absolute atomic E-state index is 0.633. The van der Waals surface area contributed by atoms with Crippen molar-refractivity contribution >= 4 is 22.6 Å². The molecule has 1 saturated heterocycles. The maximum atomic E-state index is 2.59. The van der Waals surface area contributed by atoms with Crippen molar-refractivity contribution < 1.29 is 0 Å². The molecule has 16 heavy (non-hydrogen) atoms. The van der Waals surface area contributed by atoms with Gasteiger partial charge in [-0.1, -0.05) is 41.5 Å². The maximum Gasteiger partial charge on any atom is 0.271 e. The lowest BCUT2D eigenvalue weighted by Crippen LogP contribution is -2.66. The summed E-state index contributed by atoms with van der Waals surface area (Å²) in [6.45, 7) is 13.8. The zero-order chi connectivity index (χ0) is 12.3. The van der Waals surface area contributed by atoms with E-state index in [9.17, 15) is 0 Å². The lowest BCUT2D eigenvalue weighted by Gasteiger charge is -2.46. The van der Waals surface area contributed by atoms with Gasteiger partial charge in [-0.2, -0.15) is 0 Å². The molecule has 0 N–H and O–H groups in total. The van der Waals surface area contributed by atoms with E-state index >= 15 is 0 Å². The minimum Gasteiger partial charge on any atom is -0.361 e. The Balaban J connectivity index is 2.66. The molecule has 0 radical (unpaired) electrons. The van der Waals surface area contributed by atoms with Gasteiger partial charge in [0.15, 0.2) is 0 Å². The van der Waals surface area contributed by atoms with Crippen LogP contribution in [0.5, 0.6) is 0 Å². The fraction of sp³-hybridized carbons (Fsp3) is 1.00. The van der Waals surface area contributed by atoms with Crippen LogP contribution >= 0.6 is 0 Å². The summed E-state index contributed by atoms with van der Waals surface area (Å²) in [5.74, 6) is 0. The molecule has 1 fully saturated rings. The first-order chi connectivity index (χ1) is 7.45. The molecule has 0 aromatic carbocycles. The molecule has 1 aliphatic heterocycles. The van der Waals surface area contributed by atoms with E-state index in [0.717, 1.165) is 22.6 Å². The summed E-state index contributed by atoms with van der Waals surface area (Å²) in [6.07, 6.45) is 1.23. The van der Waals surface area contributed by atoms with Crippen molar-refractivity contribution in [1.29, 1.82) is 0 Å². The second-order valence-corrected chi connectivity index (χ2v) is 5.64. The van der Waals surface area contributed by atoms with Crippen LogP contribution in [-0.2, 0) is 0 Å². The zero-order valence-electron chi connectivity index (χ0n) is 11.9. The summed E-state index contributed by atoms with van der Waals surface area (Å²) < 4.78 is 7.69. The van der Waals surface area contributed by atoms with Gasteiger partial charge in [-0.05, 0) is 24.5 Å². The quantitative estimate of drug-likeness (QED) is 0.632. The zero-order valence-corrected chi connectivity index (χ0v) is 11.9. The van der Waals surface area contributed by atoms with E-state index in [-0.39, 0.29) is 0 Å². The van der Waals surface area contributed by atoms with Gasteiger partial charge in [0.05, 0.1) is 0 Å². The lowest BCUT2D eigenvalue weighted by atomic mass is 9.70. The van der Waals surface area contributed by atoms with Gasteiger partial charge in [-0.25, -0.2) is 0 Å². The van der Waals surface area contributed by atoms with Crippen LogP contribution in [0.15, 0.2) is 0 Å². The van der Waals surface area contributed by atoms with Crippen molar-refractivity contribution in [3.8, 4) is 0 Å². The molecule has 0 aromatic heterocycles. The first-order valence-electron chi connectivity index (χ1n) is 6.67. The van der Waals surface area contributed by atoms with E-state index in [4.69, 9.17) is 0 Å². The molecular formula is C10H26B3N3. The number of hydrogen-bond donors (Lipinski definition) is 0. The third kappa shape index (κ3) is 3.54. The maximum absolute atomic E-state index is 2.59. The van der Waals surface area contributed by atoms with Crippen molar-refractivity contribution in [3.05, 3.63) is 0 Å². The molecule has 3 nitrogen and oxygen atoms in total. The van der Waals surface area contributed by atoms with Crippen molar-refractivity contribution in [2.75, 3.05) is 0 Å². The second kappa shape index (κ2) is 6.13. The Morgan fingerprint density at radius 2 is 1.12 bits per heavy atom. The Morgan fingerprint density at radius 1 is 0.750 bits per heavy atom. The molecule has 1 heterocycles. The summed E-state index contributed by atoms with van der Waals surface area (Å²) >= 11 is 0. The molecule has 1 unspecified atom stereocenters. The summed E-state index contributed by atoms with van der Waals surface area (Å²) in [5.41, 5.74) is 0. The molecule has 0 bridgehead atoms. The van der Waals surface area contributed by atoms with E-state index in [0.29, 0.717) is 18.1 Å². The molecule has 6 heteroatoms. The smallest absolute Gasteiger partial charge is 0.271 e. The van der Waals surface area contributed by atoms with Crippen LogP contribution < -0.4 is 0 Å². The van der Waals surface area contributed by atoms with Crippen molar-refractivity contribution in [1.82, 2.24) is 14.2 Å². The topological polar surface area (TPSA) is 9.72 Å². The molecule has 1 atom stereocenters. The first-order valence-corrected chi connectivity index (χ1v) is 6.67. The van der Waals surface area contributed by atoms with Gasteiger partial charge in [0.2, 0.25) is 0 Å². The van der Waals surface area contributed by atoms with Gasteiger partial charge in [-0.3, -0.25) is 0 Å². The fourth-order valence-corrected chi connectivity index (χ4v) is 2.02. The number of rotatable bonds is 4. The Bertz CT molecular complexity index is 197. The fourth-order valence-electron chi connectivity index (χ4n) is 2.02. The third-order valence-corrected chi connectivity index (χ3v) is 3.76. The molecule has 0 spiro atoms. The Hall–Kier alpha value is 0.0748. The van der Waals surface area contributed by atoms with Gasteiger partial charge in [0.25, 0.3) is 22.6 Å². The van der Waals surface area contributed by atoms with Crippen LogP contribution in [0.1, 0.15) is 48.0 Å². The minimum atomic E-state index is 0.633. The highest BCUT2D eigenvalue weighted by Crippen LogP contribution is 2.12. The molecular weight excluding hydrogens is 195 g/mol. The van der Waals surface area contributed by atoms with Gasteiger partial charge in [-0.15, -0.1) is 0 Å². The average molecular weight is 221 g/mol. The molecule has 90 valence electrons. The predicted molar refractivity (Wildman–Crippen MR) is 77.0 cm³/mol. The van der Waals surface area contributed by atoms with Gasteiger partial charge < -0.3 is 14.2 Å². The Labute approximate surface area is 103 Å². The average Bonchev–Trinajstić information content (AvgIpc) is 2.27. The molecule has 0 aromatic rings. The Kier molecular flexibility index (Phi) is 5.41. The SMILES string of the molecule is CCC(C)N1BN(C(C)C)BN(C(C)C)B1. The lowest BCUT2D eigenvalue weighted by molar-refractivity contribution is 0.370. The van der Waals surface area contributed by atoms with Crippen LogP contribution in [0.2, 0.25) is 0 Å². The Morgan fingerprint density at radius 3 is 1.44 bits per heavy atom. The normalized spacial score (nSPS) is 21.8. The van der Waals surface area contributed by atoms with E-state index < -0.39 is 0 Å². The van der Waals surface area contributed by atoms with Crippen LogP contribution in [0.25, 0.3) is 0 Å². The standard InChI is InChI=1S/C10H26B3N3/c1-7-10(6)16-12-14(8(2)3)11-15(13-16)9(4)5/h8-13H,7H2,1-6H3. The van der Waals surface area contributed by atoms with Crippen molar-refractivity contribution in [2.45, 2.75) is 66.1 Å². The molecule has 1 rings (SSSR count). The summed E-state index contributed by atoms with van der Waals surface area (Å²) in [6, 6.07) is 1.95. The van der Waals surface area contributed by atoms with E-state index in [1.807, 2.05) is 0 Å². The van der Waals surface area contributed by atoms with Gasteiger partial charge in [0.1, 0.15) is 0 Å². The van der Waals surface area contributed by atoms with E-state index in [2.05, 4.69) is 55.7 Å². The first kappa shape index (κ1) is 14.1. The van der Waals surface area contributed by atoms with Crippen molar-refractivity contribution in [2.24, 2.45) is 0 Å². The largest absolute Gasteiger partial charge is 0.361 e. The highest BCUT2D eigenvalue weighted by atomic mass is 15.3. The van der Waals surface area contributed by atoms with E-state index in [1.165, 1.54) is 6.42 Å². The second-order valence-electron chi connectivity index (χ2n) is 5.64. The van der Waals surface area contributed by atoms with Crippen LogP contribution in [0, 0.1) is 0 Å². The van der Waals surface area contributed by atoms with Crippen LogP contribution in [0.3, 0.4) is 0 Å². The third-order valence-electron chi connectivity index (χ3n) is 3.76. The van der Waals surface area contributed by atoms with Crippen LogP contribution in [-0.4, -0.2) is 54.9 Å². The predicted octanol–water partition coefficient (Wildman–Crippen LogP) is 0.321. The summed E-state index contributed by atoms with van der Waals surface area (Å²) in [5, 5.41) is 0. The summed E-state index contributed by atoms with van der Waals surface area (Å²) in [4.78, 5) is 0. The van der Waals surface area contributed by atoms with Gasteiger partial charge >= 0.3 is 0 Å². The highest BCUT2D eigenvalue weighted by Gasteiger charge is 2.31.